The number of hydrogen-bond acceptors (Lipinski definition) is 5. The van der Waals surface area contributed by atoms with Crippen molar-refractivity contribution in [1.82, 2.24) is 24.1 Å². The van der Waals surface area contributed by atoms with Gasteiger partial charge in [-0.2, -0.15) is 5.10 Å². The van der Waals surface area contributed by atoms with Gasteiger partial charge in [-0.15, -0.1) is 0 Å². The zero-order chi connectivity index (χ0) is 21.9. The van der Waals surface area contributed by atoms with Gasteiger partial charge in [0.1, 0.15) is 0 Å². The Balaban J connectivity index is 1.32. The molecular weight excluding hydrogens is 440 g/mol. The third kappa shape index (κ3) is 4.76. The highest BCUT2D eigenvalue weighted by Gasteiger charge is 2.22. The number of rotatable bonds is 6. The number of halogens is 1. The third-order valence-corrected chi connectivity index (χ3v) is 6.99. The van der Waals surface area contributed by atoms with E-state index in [1.807, 2.05) is 28.9 Å². The van der Waals surface area contributed by atoms with E-state index in [1.165, 1.54) is 18.5 Å². The molecule has 6 nitrogen and oxygen atoms in total. The minimum atomic E-state index is 0.717. The fourth-order valence-corrected chi connectivity index (χ4v) is 5.13. The second-order valence-electron chi connectivity index (χ2n) is 8.58. The fraction of sp³-hybridized carbons (Fsp3) is 0.417. The minimum absolute atomic E-state index is 0.717. The van der Waals surface area contributed by atoms with Crippen LogP contribution < -0.4 is 4.90 Å². The molecule has 1 aromatic heterocycles. The number of anilines is 1. The quantitative estimate of drug-likeness (QED) is 0.499. The summed E-state index contributed by atoms with van der Waals surface area (Å²) >= 11 is 12.1. The Hall–Kier alpha value is -2.19. The SMILES string of the molecule is S=c1n(CN2CCN(c3cccc(Cl)c3)CC2)nc(CN2CCCC2)n1-c1ccccc1. The molecule has 168 valence electrons. The van der Waals surface area contributed by atoms with Gasteiger partial charge in [0.05, 0.1) is 13.2 Å². The molecule has 2 aliphatic heterocycles. The van der Waals surface area contributed by atoms with Crippen molar-refractivity contribution in [2.24, 2.45) is 0 Å². The summed E-state index contributed by atoms with van der Waals surface area (Å²) in [6.45, 7) is 7.70. The molecule has 0 unspecified atom stereocenters. The molecule has 0 radical (unpaired) electrons. The van der Waals surface area contributed by atoms with Crippen LogP contribution in [0.3, 0.4) is 0 Å². The van der Waals surface area contributed by atoms with Gasteiger partial charge in [0, 0.05) is 42.6 Å². The predicted octanol–water partition coefficient (Wildman–Crippen LogP) is 4.43. The largest absolute Gasteiger partial charge is 0.369 e. The highest BCUT2D eigenvalue weighted by Crippen LogP contribution is 2.21. The van der Waals surface area contributed by atoms with Gasteiger partial charge in [-0.25, -0.2) is 4.68 Å². The fourth-order valence-electron chi connectivity index (χ4n) is 4.63. The molecule has 0 spiro atoms. The van der Waals surface area contributed by atoms with E-state index in [-0.39, 0.29) is 0 Å². The Labute approximate surface area is 199 Å². The molecule has 2 aromatic carbocycles. The van der Waals surface area contributed by atoms with Gasteiger partial charge >= 0.3 is 0 Å². The van der Waals surface area contributed by atoms with Crippen molar-refractivity contribution in [2.75, 3.05) is 44.2 Å². The molecule has 3 aromatic rings. The Kier molecular flexibility index (Phi) is 6.59. The lowest BCUT2D eigenvalue weighted by Crippen LogP contribution is -2.47. The molecular formula is C24H29ClN6S. The van der Waals surface area contributed by atoms with Crippen molar-refractivity contribution in [3.8, 4) is 5.69 Å². The number of likely N-dealkylation sites (tertiary alicyclic amines) is 1. The lowest BCUT2D eigenvalue weighted by atomic mass is 10.2. The van der Waals surface area contributed by atoms with E-state index in [1.54, 1.807) is 0 Å². The molecule has 5 rings (SSSR count). The zero-order valence-electron chi connectivity index (χ0n) is 18.2. The van der Waals surface area contributed by atoms with E-state index in [0.717, 1.165) is 73.8 Å². The molecule has 0 amide bonds. The first-order chi connectivity index (χ1) is 15.7. The van der Waals surface area contributed by atoms with Crippen LogP contribution in [-0.2, 0) is 13.2 Å². The lowest BCUT2D eigenvalue weighted by Gasteiger charge is -2.35. The van der Waals surface area contributed by atoms with Crippen molar-refractivity contribution in [2.45, 2.75) is 26.1 Å². The van der Waals surface area contributed by atoms with Gasteiger partial charge in [-0.1, -0.05) is 35.9 Å². The summed E-state index contributed by atoms with van der Waals surface area (Å²) in [5.41, 5.74) is 2.28. The Morgan fingerprint density at radius 3 is 2.25 bits per heavy atom. The Bertz CT molecular complexity index is 1100. The standard InChI is InChI=1S/C24H29ClN6S/c25-20-7-6-10-22(17-20)29-15-13-28(14-16-29)19-30-24(32)31(21-8-2-1-3-9-21)23(26-30)18-27-11-4-5-12-27/h1-3,6-10,17H,4-5,11-16,18-19H2. The number of benzene rings is 2. The second kappa shape index (κ2) is 9.75. The first-order valence-corrected chi connectivity index (χ1v) is 12.2. The monoisotopic (exact) mass is 468 g/mol. The molecule has 2 saturated heterocycles. The summed E-state index contributed by atoms with van der Waals surface area (Å²) in [4.78, 5) is 7.30. The van der Waals surface area contributed by atoms with Crippen molar-refractivity contribution in [1.29, 1.82) is 0 Å². The maximum Gasteiger partial charge on any atom is 0.203 e. The van der Waals surface area contributed by atoms with E-state index >= 15 is 0 Å². The number of piperazine rings is 1. The first-order valence-electron chi connectivity index (χ1n) is 11.4. The van der Waals surface area contributed by atoms with Crippen LogP contribution in [0.5, 0.6) is 0 Å². The van der Waals surface area contributed by atoms with E-state index in [4.69, 9.17) is 28.9 Å². The predicted molar refractivity (Wildman–Crippen MR) is 132 cm³/mol. The topological polar surface area (TPSA) is 32.5 Å². The molecule has 0 saturated carbocycles. The average Bonchev–Trinajstić information content (AvgIpc) is 3.43. The van der Waals surface area contributed by atoms with E-state index in [2.05, 4.69) is 49.6 Å². The summed E-state index contributed by atoms with van der Waals surface area (Å²) < 4.78 is 4.92. The number of nitrogens with zero attached hydrogens (tertiary/aromatic N) is 6. The van der Waals surface area contributed by atoms with Crippen LogP contribution in [0.1, 0.15) is 18.7 Å². The minimum Gasteiger partial charge on any atom is -0.369 e. The number of hydrogen-bond donors (Lipinski definition) is 0. The molecule has 8 heteroatoms. The van der Waals surface area contributed by atoms with Crippen LogP contribution in [0.2, 0.25) is 5.02 Å². The molecule has 3 heterocycles. The Morgan fingerprint density at radius 2 is 1.53 bits per heavy atom. The van der Waals surface area contributed by atoms with E-state index in [9.17, 15) is 0 Å². The van der Waals surface area contributed by atoms with Gasteiger partial charge in [-0.3, -0.25) is 14.4 Å². The maximum absolute atomic E-state index is 6.18. The summed E-state index contributed by atoms with van der Waals surface area (Å²) in [5, 5.41) is 5.78. The van der Waals surface area contributed by atoms with Crippen LogP contribution in [-0.4, -0.2) is 63.4 Å². The molecule has 32 heavy (non-hydrogen) atoms. The van der Waals surface area contributed by atoms with Crippen molar-refractivity contribution in [3.63, 3.8) is 0 Å². The van der Waals surface area contributed by atoms with Gasteiger partial charge < -0.3 is 4.90 Å². The van der Waals surface area contributed by atoms with Gasteiger partial charge in [0.25, 0.3) is 0 Å². The van der Waals surface area contributed by atoms with Crippen molar-refractivity contribution >= 4 is 29.5 Å². The normalized spacial score (nSPS) is 17.8. The first kappa shape index (κ1) is 21.6. The molecule has 0 aliphatic carbocycles. The molecule has 0 bridgehead atoms. The van der Waals surface area contributed by atoms with E-state index < -0.39 is 0 Å². The highest BCUT2D eigenvalue weighted by atomic mass is 35.5. The molecule has 2 fully saturated rings. The maximum atomic E-state index is 6.18. The summed E-state index contributed by atoms with van der Waals surface area (Å²) in [7, 11) is 0. The summed E-state index contributed by atoms with van der Waals surface area (Å²) in [5.74, 6) is 1.03. The number of aromatic nitrogens is 3. The Morgan fingerprint density at radius 1 is 0.812 bits per heavy atom. The van der Waals surface area contributed by atoms with Crippen LogP contribution in [0.15, 0.2) is 54.6 Å². The molecule has 2 aliphatic rings. The van der Waals surface area contributed by atoms with Crippen LogP contribution in [0, 0.1) is 4.77 Å². The summed E-state index contributed by atoms with van der Waals surface area (Å²) in [6, 6.07) is 18.5. The molecule has 0 atom stereocenters. The van der Waals surface area contributed by atoms with Crippen molar-refractivity contribution < 1.29 is 0 Å². The van der Waals surface area contributed by atoms with Crippen molar-refractivity contribution in [3.05, 3.63) is 70.2 Å². The van der Waals surface area contributed by atoms with Gasteiger partial charge in [0.15, 0.2) is 5.82 Å². The van der Waals surface area contributed by atoms with Crippen LogP contribution in [0.25, 0.3) is 5.69 Å². The smallest absolute Gasteiger partial charge is 0.203 e. The van der Waals surface area contributed by atoms with Crippen LogP contribution in [0.4, 0.5) is 5.69 Å². The van der Waals surface area contributed by atoms with Gasteiger partial charge in [-0.05, 0) is 68.5 Å². The van der Waals surface area contributed by atoms with E-state index in [0.29, 0.717) is 0 Å². The average molecular weight is 469 g/mol. The third-order valence-electron chi connectivity index (χ3n) is 6.36. The molecule has 0 N–H and O–H groups in total. The second-order valence-corrected chi connectivity index (χ2v) is 9.38. The highest BCUT2D eigenvalue weighted by molar-refractivity contribution is 7.71. The summed E-state index contributed by atoms with van der Waals surface area (Å²) in [6.07, 6.45) is 2.54. The zero-order valence-corrected chi connectivity index (χ0v) is 19.8. The van der Waals surface area contributed by atoms with Gasteiger partial charge in [0.2, 0.25) is 4.77 Å². The van der Waals surface area contributed by atoms with Crippen LogP contribution >= 0.6 is 23.8 Å². The lowest BCUT2D eigenvalue weighted by molar-refractivity contribution is 0.193. The number of para-hydroxylation sites is 1.